The Bertz CT molecular complexity index is 262. The molecule has 0 aliphatic rings. The first-order valence-electron chi connectivity index (χ1n) is 5.37. The Balaban J connectivity index is 4.49. The number of guanidine groups is 1. The summed E-state index contributed by atoms with van der Waals surface area (Å²) in [6, 6.07) is 2.10. The quantitative estimate of drug-likeness (QED) is 0.559. The van der Waals surface area contributed by atoms with Crippen molar-refractivity contribution in [2.45, 2.75) is 32.7 Å². The molecule has 2 N–H and O–H groups in total. The lowest BCUT2D eigenvalue weighted by atomic mass is 10.1. The van der Waals surface area contributed by atoms with Crippen LogP contribution in [-0.2, 0) is 4.74 Å². The van der Waals surface area contributed by atoms with Crippen molar-refractivity contribution in [3.05, 3.63) is 0 Å². The van der Waals surface area contributed by atoms with Crippen molar-refractivity contribution >= 4 is 5.96 Å². The van der Waals surface area contributed by atoms with Crippen molar-refractivity contribution in [2.24, 2.45) is 10.7 Å². The summed E-state index contributed by atoms with van der Waals surface area (Å²) >= 11 is 0. The minimum absolute atomic E-state index is 0.206. The molecule has 5 nitrogen and oxygen atoms in total. The molecule has 0 saturated carbocycles. The lowest BCUT2D eigenvalue weighted by Gasteiger charge is -2.24. The fourth-order valence-electron chi connectivity index (χ4n) is 1.14. The Morgan fingerprint density at radius 3 is 2.50 bits per heavy atom. The van der Waals surface area contributed by atoms with Crippen LogP contribution in [0, 0.1) is 11.3 Å². The van der Waals surface area contributed by atoms with Crippen LogP contribution in [0.5, 0.6) is 0 Å². The maximum Gasteiger partial charge on any atom is 0.191 e. The summed E-state index contributed by atoms with van der Waals surface area (Å²) in [4.78, 5) is 6.24. The Morgan fingerprint density at radius 2 is 2.06 bits per heavy atom. The molecule has 0 saturated heterocycles. The first-order valence-corrected chi connectivity index (χ1v) is 5.37. The van der Waals surface area contributed by atoms with Crippen LogP contribution in [0.3, 0.4) is 0 Å². The van der Waals surface area contributed by atoms with Gasteiger partial charge >= 0.3 is 0 Å². The van der Waals surface area contributed by atoms with Crippen LogP contribution in [0.4, 0.5) is 0 Å². The zero-order valence-corrected chi connectivity index (χ0v) is 10.7. The number of hydrogen-bond acceptors (Lipinski definition) is 3. The SMILES string of the molecule is COCCN(CCC#N)C(N)=NC(C)(C)C. The van der Waals surface area contributed by atoms with Gasteiger partial charge in [-0.1, -0.05) is 0 Å². The monoisotopic (exact) mass is 226 g/mol. The predicted molar refractivity (Wildman–Crippen MR) is 65.1 cm³/mol. The number of nitrogens with two attached hydrogens (primary N) is 1. The van der Waals surface area contributed by atoms with Crippen LogP contribution in [0.2, 0.25) is 0 Å². The summed E-state index contributed by atoms with van der Waals surface area (Å²) in [7, 11) is 1.64. The average Bonchev–Trinajstić information content (AvgIpc) is 2.15. The Hall–Kier alpha value is -1.28. The predicted octanol–water partition coefficient (Wildman–Crippen LogP) is 0.962. The highest BCUT2D eigenvalue weighted by Gasteiger charge is 2.12. The van der Waals surface area contributed by atoms with Gasteiger partial charge in [0.05, 0.1) is 24.6 Å². The summed E-state index contributed by atoms with van der Waals surface area (Å²) in [5, 5.41) is 8.57. The van der Waals surface area contributed by atoms with Gasteiger partial charge in [-0.15, -0.1) is 0 Å². The van der Waals surface area contributed by atoms with Gasteiger partial charge in [0.15, 0.2) is 5.96 Å². The van der Waals surface area contributed by atoms with E-state index in [9.17, 15) is 0 Å². The zero-order valence-electron chi connectivity index (χ0n) is 10.7. The zero-order chi connectivity index (χ0) is 12.6. The number of aliphatic imine (C=N–C) groups is 1. The summed E-state index contributed by atoms with van der Waals surface area (Å²) < 4.78 is 5.00. The van der Waals surface area contributed by atoms with Crippen LogP contribution in [0.15, 0.2) is 4.99 Å². The summed E-state index contributed by atoms with van der Waals surface area (Å²) in [6.07, 6.45) is 0.435. The van der Waals surface area contributed by atoms with Gasteiger partial charge in [-0.3, -0.25) is 0 Å². The molecule has 0 amide bonds. The van der Waals surface area contributed by atoms with E-state index in [-0.39, 0.29) is 5.54 Å². The summed E-state index contributed by atoms with van der Waals surface area (Å²) in [6.45, 7) is 7.77. The van der Waals surface area contributed by atoms with E-state index < -0.39 is 0 Å². The van der Waals surface area contributed by atoms with E-state index in [1.165, 1.54) is 0 Å². The van der Waals surface area contributed by atoms with E-state index in [1.54, 1.807) is 7.11 Å². The van der Waals surface area contributed by atoms with Gasteiger partial charge in [0.2, 0.25) is 0 Å². The maximum atomic E-state index is 8.57. The molecule has 16 heavy (non-hydrogen) atoms. The Kier molecular flexibility index (Phi) is 6.50. The van der Waals surface area contributed by atoms with Gasteiger partial charge in [-0.2, -0.15) is 5.26 Å². The average molecular weight is 226 g/mol. The molecule has 0 unspecified atom stereocenters. The van der Waals surface area contributed by atoms with Crippen molar-refractivity contribution in [1.29, 1.82) is 5.26 Å². The number of nitrogens with zero attached hydrogens (tertiary/aromatic N) is 3. The van der Waals surface area contributed by atoms with Crippen LogP contribution >= 0.6 is 0 Å². The molecular weight excluding hydrogens is 204 g/mol. The lowest BCUT2D eigenvalue weighted by molar-refractivity contribution is 0.176. The second-order valence-corrected chi connectivity index (χ2v) is 4.53. The molecule has 92 valence electrons. The normalized spacial score (nSPS) is 12.3. The molecule has 0 aromatic heterocycles. The van der Waals surface area contributed by atoms with Crippen molar-refractivity contribution in [3.8, 4) is 6.07 Å². The van der Waals surface area contributed by atoms with Crippen molar-refractivity contribution in [3.63, 3.8) is 0 Å². The maximum absolute atomic E-state index is 8.57. The highest BCUT2D eigenvalue weighted by molar-refractivity contribution is 5.78. The highest BCUT2D eigenvalue weighted by atomic mass is 16.5. The van der Waals surface area contributed by atoms with Crippen molar-refractivity contribution < 1.29 is 4.74 Å². The third-order valence-electron chi connectivity index (χ3n) is 1.83. The molecule has 0 aliphatic heterocycles. The molecule has 0 spiro atoms. The van der Waals surface area contributed by atoms with Crippen LogP contribution in [0.1, 0.15) is 27.2 Å². The van der Waals surface area contributed by atoms with Crippen LogP contribution < -0.4 is 5.73 Å². The van der Waals surface area contributed by atoms with E-state index in [2.05, 4.69) is 11.1 Å². The highest BCUT2D eigenvalue weighted by Crippen LogP contribution is 2.07. The molecule has 0 atom stereocenters. The Morgan fingerprint density at radius 1 is 1.44 bits per heavy atom. The number of rotatable bonds is 5. The van der Waals surface area contributed by atoms with Gasteiger partial charge in [0.1, 0.15) is 0 Å². The smallest absolute Gasteiger partial charge is 0.191 e. The summed E-state index contributed by atoms with van der Waals surface area (Å²) in [5.41, 5.74) is 5.69. The molecule has 0 aromatic carbocycles. The third-order valence-corrected chi connectivity index (χ3v) is 1.83. The number of hydrogen-bond donors (Lipinski definition) is 1. The third kappa shape index (κ3) is 7.07. The molecule has 0 aromatic rings. The van der Waals surface area contributed by atoms with Gasteiger partial charge in [-0.05, 0) is 20.8 Å². The van der Waals surface area contributed by atoms with E-state index in [0.29, 0.717) is 32.1 Å². The minimum atomic E-state index is -0.206. The standard InChI is InChI=1S/C11H22N4O/c1-11(2,3)14-10(13)15(7-5-6-12)8-9-16-4/h5,7-9H2,1-4H3,(H2,13,14). The second kappa shape index (κ2) is 7.07. The molecule has 5 heteroatoms. The van der Waals surface area contributed by atoms with E-state index in [1.807, 2.05) is 25.7 Å². The Labute approximate surface area is 97.9 Å². The topological polar surface area (TPSA) is 74.6 Å². The van der Waals surface area contributed by atoms with Gasteiger partial charge in [0, 0.05) is 20.2 Å². The fourth-order valence-corrected chi connectivity index (χ4v) is 1.14. The molecule has 0 radical (unpaired) electrons. The molecule has 0 fully saturated rings. The van der Waals surface area contributed by atoms with Crippen molar-refractivity contribution in [2.75, 3.05) is 26.8 Å². The first-order chi connectivity index (χ1) is 7.40. The molecule has 0 rings (SSSR count). The molecule has 0 aliphatic carbocycles. The fraction of sp³-hybridized carbons (Fsp3) is 0.818. The molecular formula is C11H22N4O. The number of ether oxygens (including phenoxy) is 1. The van der Waals surface area contributed by atoms with Gasteiger partial charge in [-0.25, -0.2) is 4.99 Å². The van der Waals surface area contributed by atoms with Gasteiger partial charge in [0.25, 0.3) is 0 Å². The lowest BCUT2D eigenvalue weighted by Crippen LogP contribution is -2.41. The van der Waals surface area contributed by atoms with E-state index >= 15 is 0 Å². The number of nitriles is 1. The number of methoxy groups -OCH3 is 1. The van der Waals surface area contributed by atoms with Crippen LogP contribution in [0.25, 0.3) is 0 Å². The van der Waals surface area contributed by atoms with E-state index in [4.69, 9.17) is 15.7 Å². The van der Waals surface area contributed by atoms with Crippen molar-refractivity contribution in [1.82, 2.24) is 4.90 Å². The molecule has 0 heterocycles. The first kappa shape index (κ1) is 14.7. The van der Waals surface area contributed by atoms with E-state index in [0.717, 1.165) is 0 Å². The largest absolute Gasteiger partial charge is 0.383 e. The van der Waals surface area contributed by atoms with Crippen LogP contribution in [-0.4, -0.2) is 43.2 Å². The molecule has 0 bridgehead atoms. The second-order valence-electron chi connectivity index (χ2n) is 4.53. The summed E-state index contributed by atoms with van der Waals surface area (Å²) in [5.74, 6) is 0.472. The minimum Gasteiger partial charge on any atom is -0.383 e. The van der Waals surface area contributed by atoms with Gasteiger partial charge < -0.3 is 15.4 Å².